The maximum atomic E-state index is 13.7. The summed E-state index contributed by atoms with van der Waals surface area (Å²) in [6, 6.07) is 7.21. The van der Waals surface area contributed by atoms with Gasteiger partial charge in [0.2, 0.25) is 0 Å². The molecule has 3 rings (SSSR count). The highest BCUT2D eigenvalue weighted by Crippen LogP contribution is 2.24. The molecule has 1 aliphatic heterocycles. The number of carbonyl (C=O) groups is 1. The summed E-state index contributed by atoms with van der Waals surface area (Å²) in [5.41, 5.74) is 1.18. The molecule has 1 aliphatic rings. The van der Waals surface area contributed by atoms with Gasteiger partial charge in [-0.15, -0.1) is 0 Å². The average molecular weight is 338 g/mol. The number of fused-ring (bicyclic) bond motifs is 1. The molecule has 2 N–H and O–H groups in total. The van der Waals surface area contributed by atoms with Crippen LogP contribution >= 0.6 is 0 Å². The van der Waals surface area contributed by atoms with Crippen molar-refractivity contribution in [2.75, 3.05) is 11.3 Å². The van der Waals surface area contributed by atoms with Crippen LogP contribution in [0.3, 0.4) is 0 Å². The SMILES string of the molecule is O=C1NCCc2ccc(NS(=O)(=O)c3c(F)cccc3F)cc21. The summed E-state index contributed by atoms with van der Waals surface area (Å²) in [6.07, 6.45) is 0.635. The van der Waals surface area contributed by atoms with Crippen molar-refractivity contribution >= 4 is 21.6 Å². The normalized spacial score (nSPS) is 14.1. The maximum Gasteiger partial charge on any atom is 0.267 e. The Hall–Kier alpha value is -2.48. The molecular formula is C15H12F2N2O3S. The first-order chi connectivity index (χ1) is 10.9. The van der Waals surface area contributed by atoms with Crippen LogP contribution in [0.4, 0.5) is 14.5 Å². The highest BCUT2D eigenvalue weighted by molar-refractivity contribution is 7.92. The third-order valence-electron chi connectivity index (χ3n) is 3.47. The summed E-state index contributed by atoms with van der Waals surface area (Å²) in [5, 5.41) is 2.64. The van der Waals surface area contributed by atoms with E-state index in [9.17, 15) is 22.0 Å². The Labute approximate surface area is 131 Å². The van der Waals surface area contributed by atoms with Crippen molar-refractivity contribution in [2.24, 2.45) is 0 Å². The zero-order chi connectivity index (χ0) is 16.6. The molecule has 120 valence electrons. The number of rotatable bonds is 3. The number of sulfonamides is 1. The number of amides is 1. The minimum absolute atomic E-state index is 0.0588. The van der Waals surface area contributed by atoms with Gasteiger partial charge in [-0.2, -0.15) is 0 Å². The monoisotopic (exact) mass is 338 g/mol. The number of anilines is 1. The van der Waals surface area contributed by atoms with Crippen LogP contribution in [-0.2, 0) is 16.4 Å². The van der Waals surface area contributed by atoms with Crippen LogP contribution in [-0.4, -0.2) is 20.9 Å². The second-order valence-corrected chi connectivity index (χ2v) is 6.65. The van der Waals surface area contributed by atoms with E-state index in [1.165, 1.54) is 12.1 Å². The molecule has 0 aromatic heterocycles. The van der Waals surface area contributed by atoms with Crippen molar-refractivity contribution in [3.05, 3.63) is 59.2 Å². The van der Waals surface area contributed by atoms with Crippen molar-refractivity contribution in [1.82, 2.24) is 5.32 Å². The van der Waals surface area contributed by atoms with Crippen LogP contribution in [0, 0.1) is 11.6 Å². The van der Waals surface area contributed by atoms with Gasteiger partial charge in [0.15, 0.2) is 4.90 Å². The molecule has 23 heavy (non-hydrogen) atoms. The van der Waals surface area contributed by atoms with Crippen molar-refractivity contribution in [3.63, 3.8) is 0 Å². The first-order valence-corrected chi connectivity index (χ1v) is 8.25. The van der Waals surface area contributed by atoms with Gasteiger partial charge in [0, 0.05) is 17.8 Å². The number of nitrogens with one attached hydrogen (secondary N) is 2. The largest absolute Gasteiger partial charge is 0.352 e. The fourth-order valence-electron chi connectivity index (χ4n) is 2.42. The summed E-state index contributed by atoms with van der Waals surface area (Å²) in [5.74, 6) is -2.69. The van der Waals surface area contributed by atoms with E-state index in [4.69, 9.17) is 0 Å². The van der Waals surface area contributed by atoms with Gasteiger partial charge >= 0.3 is 0 Å². The fourth-order valence-corrected chi connectivity index (χ4v) is 3.61. The molecule has 0 atom stereocenters. The summed E-state index contributed by atoms with van der Waals surface area (Å²) in [6.45, 7) is 0.511. The molecule has 0 spiro atoms. The molecule has 0 bridgehead atoms. The Kier molecular flexibility index (Phi) is 3.77. The van der Waals surface area contributed by atoms with Crippen molar-refractivity contribution < 1.29 is 22.0 Å². The van der Waals surface area contributed by atoms with Crippen LogP contribution in [0.5, 0.6) is 0 Å². The van der Waals surface area contributed by atoms with Crippen molar-refractivity contribution in [3.8, 4) is 0 Å². The minimum atomic E-state index is -4.45. The summed E-state index contributed by atoms with van der Waals surface area (Å²) in [7, 11) is -4.45. The Morgan fingerprint density at radius 2 is 1.78 bits per heavy atom. The van der Waals surface area contributed by atoms with Crippen LogP contribution in [0.15, 0.2) is 41.3 Å². The molecular weight excluding hydrogens is 326 g/mol. The van der Waals surface area contributed by atoms with Gasteiger partial charge in [0.05, 0.1) is 0 Å². The summed E-state index contributed by atoms with van der Waals surface area (Å²) < 4.78 is 53.8. The molecule has 0 fully saturated rings. The molecule has 0 radical (unpaired) electrons. The van der Waals surface area contributed by atoms with Crippen LogP contribution < -0.4 is 10.0 Å². The van der Waals surface area contributed by atoms with E-state index in [1.54, 1.807) is 6.07 Å². The Morgan fingerprint density at radius 3 is 2.48 bits per heavy atom. The highest BCUT2D eigenvalue weighted by atomic mass is 32.2. The van der Waals surface area contributed by atoms with E-state index >= 15 is 0 Å². The third-order valence-corrected chi connectivity index (χ3v) is 4.91. The van der Waals surface area contributed by atoms with Crippen molar-refractivity contribution in [1.29, 1.82) is 0 Å². The van der Waals surface area contributed by atoms with Gasteiger partial charge in [-0.3, -0.25) is 9.52 Å². The minimum Gasteiger partial charge on any atom is -0.352 e. The molecule has 2 aromatic carbocycles. The first kappa shape index (κ1) is 15.4. The molecule has 5 nitrogen and oxygen atoms in total. The van der Waals surface area contributed by atoms with Gasteiger partial charge in [0.25, 0.3) is 15.9 Å². The molecule has 0 unspecified atom stereocenters. The smallest absolute Gasteiger partial charge is 0.267 e. The Morgan fingerprint density at radius 1 is 1.09 bits per heavy atom. The number of halogens is 2. The predicted molar refractivity (Wildman–Crippen MR) is 79.6 cm³/mol. The lowest BCUT2D eigenvalue weighted by Gasteiger charge is -2.17. The van der Waals surface area contributed by atoms with E-state index in [1.807, 2.05) is 0 Å². The highest BCUT2D eigenvalue weighted by Gasteiger charge is 2.25. The van der Waals surface area contributed by atoms with Gasteiger partial charge in [-0.05, 0) is 36.2 Å². The Bertz CT molecular complexity index is 877. The molecule has 0 saturated carbocycles. The van der Waals surface area contributed by atoms with Gasteiger partial charge in [-0.1, -0.05) is 12.1 Å². The van der Waals surface area contributed by atoms with Gasteiger partial charge in [-0.25, -0.2) is 17.2 Å². The van der Waals surface area contributed by atoms with E-state index in [0.29, 0.717) is 18.5 Å². The molecule has 0 aliphatic carbocycles. The summed E-state index contributed by atoms with van der Waals surface area (Å²) >= 11 is 0. The first-order valence-electron chi connectivity index (χ1n) is 6.76. The van der Waals surface area contributed by atoms with Gasteiger partial charge in [0.1, 0.15) is 11.6 Å². The summed E-state index contributed by atoms with van der Waals surface area (Å²) in [4.78, 5) is 10.7. The lowest BCUT2D eigenvalue weighted by atomic mass is 10.00. The zero-order valence-corrected chi connectivity index (χ0v) is 12.6. The molecule has 0 saturated heterocycles. The number of carbonyl (C=O) groups excluding carboxylic acids is 1. The lowest BCUT2D eigenvalue weighted by molar-refractivity contribution is 0.0946. The molecule has 2 aromatic rings. The number of benzene rings is 2. The number of hydrogen-bond acceptors (Lipinski definition) is 3. The van der Waals surface area contributed by atoms with E-state index in [-0.39, 0.29) is 11.6 Å². The van der Waals surface area contributed by atoms with Crippen LogP contribution in [0.2, 0.25) is 0 Å². The Balaban J connectivity index is 1.99. The van der Waals surface area contributed by atoms with Crippen LogP contribution in [0.25, 0.3) is 0 Å². The maximum absolute atomic E-state index is 13.7. The topological polar surface area (TPSA) is 75.3 Å². The van der Waals surface area contributed by atoms with E-state index in [0.717, 1.165) is 23.8 Å². The van der Waals surface area contributed by atoms with E-state index in [2.05, 4.69) is 10.0 Å². The van der Waals surface area contributed by atoms with E-state index < -0.39 is 26.6 Å². The third kappa shape index (κ3) is 2.89. The van der Waals surface area contributed by atoms with Crippen molar-refractivity contribution in [2.45, 2.75) is 11.3 Å². The predicted octanol–water partition coefficient (Wildman–Crippen LogP) is 2.05. The second kappa shape index (κ2) is 5.62. The van der Waals surface area contributed by atoms with Gasteiger partial charge < -0.3 is 5.32 Å². The second-order valence-electron chi connectivity index (χ2n) is 5.03. The number of hydrogen-bond donors (Lipinski definition) is 2. The van der Waals surface area contributed by atoms with Crippen LogP contribution in [0.1, 0.15) is 15.9 Å². The zero-order valence-electron chi connectivity index (χ0n) is 11.8. The lowest BCUT2D eigenvalue weighted by Crippen LogP contribution is -2.31. The average Bonchev–Trinajstić information content (AvgIpc) is 2.47. The molecule has 1 heterocycles. The molecule has 1 amide bonds. The fraction of sp³-hybridized carbons (Fsp3) is 0.133. The molecule has 8 heteroatoms. The quantitative estimate of drug-likeness (QED) is 0.899. The standard InChI is InChI=1S/C15H12F2N2O3S/c16-12-2-1-3-13(17)14(12)23(21,22)19-10-5-4-9-6-7-18-15(20)11(9)8-10/h1-5,8,19H,6-7H2,(H,18,20).